The Bertz CT molecular complexity index is 1420. The van der Waals surface area contributed by atoms with E-state index in [0.29, 0.717) is 22.5 Å². The molecule has 3 aromatic carbocycles. The summed E-state index contributed by atoms with van der Waals surface area (Å²) in [5.41, 5.74) is 11.1. The number of nitrogens with zero attached hydrogens (tertiary/aromatic N) is 1. The van der Waals surface area contributed by atoms with E-state index in [2.05, 4.69) is 15.6 Å². The molecule has 0 radical (unpaired) electrons. The third-order valence-electron chi connectivity index (χ3n) is 5.69. The van der Waals surface area contributed by atoms with Crippen LogP contribution in [-0.2, 0) is 22.6 Å². The minimum atomic E-state index is -0.550. The van der Waals surface area contributed by atoms with Gasteiger partial charge in [-0.25, -0.2) is 9.59 Å². The number of ether oxygens (including phenoxy) is 2. The van der Waals surface area contributed by atoms with Gasteiger partial charge in [0.05, 0.1) is 24.0 Å². The third kappa shape index (κ3) is 6.73. The number of aromatic nitrogens is 1. The Morgan fingerprint density at radius 1 is 0.868 bits per heavy atom. The Morgan fingerprint density at radius 3 is 2.26 bits per heavy atom. The van der Waals surface area contributed by atoms with Gasteiger partial charge in [0.1, 0.15) is 6.61 Å². The SMILES string of the molecule is COC(=O)c1ccc(-c2ccc(N)c(NC(=O)c3ccc(CNC(=O)OCc4cccnc4)cc3)c2)cc1. The molecule has 0 aliphatic carbocycles. The summed E-state index contributed by atoms with van der Waals surface area (Å²) < 4.78 is 9.90. The molecule has 0 aliphatic rings. The first-order valence-electron chi connectivity index (χ1n) is 11.7. The molecule has 4 N–H and O–H groups in total. The molecule has 0 unspecified atom stereocenters. The van der Waals surface area contributed by atoms with Crippen molar-refractivity contribution in [3.63, 3.8) is 0 Å². The fourth-order valence-corrected chi connectivity index (χ4v) is 3.59. The molecule has 192 valence electrons. The highest BCUT2D eigenvalue weighted by atomic mass is 16.5. The van der Waals surface area contributed by atoms with Gasteiger partial charge in [0, 0.05) is 30.1 Å². The van der Waals surface area contributed by atoms with Gasteiger partial charge in [-0.05, 0) is 59.2 Å². The molecule has 1 heterocycles. The second-order valence-electron chi connectivity index (χ2n) is 8.31. The standard InChI is InChI=1S/C29H26N4O5/c1-37-28(35)23-10-8-21(9-11-23)24-12-13-25(30)26(15-24)33-27(34)22-6-4-19(5-7-22)17-32-29(36)38-18-20-3-2-14-31-16-20/h2-16H,17-18,30H2,1H3,(H,32,36)(H,33,34). The van der Waals surface area contributed by atoms with Gasteiger partial charge >= 0.3 is 12.1 Å². The topological polar surface area (TPSA) is 133 Å². The van der Waals surface area contributed by atoms with Crippen LogP contribution >= 0.6 is 0 Å². The van der Waals surface area contributed by atoms with Gasteiger partial charge in [-0.2, -0.15) is 0 Å². The van der Waals surface area contributed by atoms with Crippen molar-refractivity contribution < 1.29 is 23.9 Å². The Morgan fingerprint density at radius 2 is 1.58 bits per heavy atom. The molecule has 0 fully saturated rings. The summed E-state index contributed by atoms with van der Waals surface area (Å²) in [5.74, 6) is -0.741. The Kier molecular flexibility index (Phi) is 8.30. The van der Waals surface area contributed by atoms with Crippen LogP contribution in [0.1, 0.15) is 31.8 Å². The molecule has 0 atom stereocenters. The number of alkyl carbamates (subject to hydrolysis) is 1. The molecular weight excluding hydrogens is 484 g/mol. The van der Waals surface area contributed by atoms with Crippen molar-refractivity contribution >= 4 is 29.3 Å². The normalized spacial score (nSPS) is 10.3. The van der Waals surface area contributed by atoms with E-state index in [1.165, 1.54) is 7.11 Å². The zero-order chi connectivity index (χ0) is 26.9. The maximum absolute atomic E-state index is 12.9. The predicted octanol–water partition coefficient (Wildman–Crippen LogP) is 4.80. The number of esters is 1. The summed E-state index contributed by atoms with van der Waals surface area (Å²) in [4.78, 5) is 40.4. The Hall–Kier alpha value is -5.18. The monoisotopic (exact) mass is 510 g/mol. The minimum absolute atomic E-state index is 0.127. The second-order valence-corrected chi connectivity index (χ2v) is 8.31. The number of nitrogens with one attached hydrogen (secondary N) is 2. The number of benzene rings is 3. The molecule has 9 nitrogen and oxygen atoms in total. The van der Waals surface area contributed by atoms with Crippen LogP contribution in [0.25, 0.3) is 11.1 Å². The third-order valence-corrected chi connectivity index (χ3v) is 5.69. The maximum Gasteiger partial charge on any atom is 0.407 e. The van der Waals surface area contributed by atoms with Crippen LogP contribution in [0.5, 0.6) is 0 Å². The van der Waals surface area contributed by atoms with Crippen LogP contribution in [0, 0.1) is 0 Å². The molecule has 9 heteroatoms. The van der Waals surface area contributed by atoms with Crippen molar-refractivity contribution in [2.24, 2.45) is 0 Å². The zero-order valence-corrected chi connectivity index (χ0v) is 20.6. The number of hydrogen-bond acceptors (Lipinski definition) is 7. The van der Waals surface area contributed by atoms with Crippen LogP contribution in [0.15, 0.2) is 91.3 Å². The lowest BCUT2D eigenvalue weighted by atomic mass is 10.0. The summed E-state index contributed by atoms with van der Waals surface area (Å²) in [6, 6.07) is 22.7. The van der Waals surface area contributed by atoms with E-state index in [1.807, 2.05) is 12.1 Å². The van der Waals surface area contributed by atoms with E-state index in [1.54, 1.807) is 79.1 Å². The fraction of sp³-hybridized carbons (Fsp3) is 0.103. The van der Waals surface area contributed by atoms with Crippen molar-refractivity contribution in [2.45, 2.75) is 13.2 Å². The van der Waals surface area contributed by atoms with Gasteiger partial charge < -0.3 is 25.8 Å². The van der Waals surface area contributed by atoms with Gasteiger partial charge in [-0.3, -0.25) is 9.78 Å². The second kappa shape index (κ2) is 12.2. The average Bonchev–Trinajstić information content (AvgIpc) is 2.96. The van der Waals surface area contributed by atoms with Crippen LogP contribution in [0.3, 0.4) is 0 Å². The minimum Gasteiger partial charge on any atom is -0.465 e. The number of nitrogen functional groups attached to an aromatic ring is 1. The number of amides is 2. The van der Waals surface area contributed by atoms with Gasteiger partial charge in [0.15, 0.2) is 0 Å². The molecule has 4 rings (SSSR count). The summed E-state index contributed by atoms with van der Waals surface area (Å²) in [7, 11) is 1.33. The Balaban J connectivity index is 1.34. The molecule has 2 amide bonds. The lowest BCUT2D eigenvalue weighted by molar-refractivity contribution is 0.0600. The molecule has 4 aromatic rings. The largest absolute Gasteiger partial charge is 0.465 e. The smallest absolute Gasteiger partial charge is 0.407 e. The number of methoxy groups -OCH3 is 1. The highest BCUT2D eigenvalue weighted by Gasteiger charge is 2.11. The number of anilines is 2. The number of carbonyl (C=O) groups excluding carboxylic acids is 3. The van der Waals surface area contributed by atoms with Crippen LogP contribution in [0.4, 0.5) is 16.2 Å². The lowest BCUT2D eigenvalue weighted by Crippen LogP contribution is -2.23. The van der Waals surface area contributed by atoms with Crippen molar-refractivity contribution in [3.05, 3.63) is 114 Å². The first kappa shape index (κ1) is 25.9. The first-order chi connectivity index (χ1) is 18.4. The molecule has 0 spiro atoms. The highest BCUT2D eigenvalue weighted by molar-refractivity contribution is 6.06. The first-order valence-corrected chi connectivity index (χ1v) is 11.7. The van der Waals surface area contributed by atoms with Crippen molar-refractivity contribution in [3.8, 4) is 11.1 Å². The van der Waals surface area contributed by atoms with Crippen molar-refractivity contribution in [1.82, 2.24) is 10.3 Å². The van der Waals surface area contributed by atoms with E-state index in [4.69, 9.17) is 15.2 Å². The van der Waals surface area contributed by atoms with Gasteiger partial charge in [0.25, 0.3) is 5.91 Å². The van der Waals surface area contributed by atoms with Gasteiger partial charge in [-0.1, -0.05) is 36.4 Å². The van der Waals surface area contributed by atoms with Crippen LogP contribution in [-0.4, -0.2) is 30.1 Å². The summed E-state index contributed by atoms with van der Waals surface area (Å²) in [6.07, 6.45) is 2.73. The zero-order valence-electron chi connectivity index (χ0n) is 20.6. The number of nitrogens with two attached hydrogens (primary N) is 1. The number of rotatable bonds is 8. The van der Waals surface area contributed by atoms with E-state index < -0.39 is 12.1 Å². The highest BCUT2D eigenvalue weighted by Crippen LogP contribution is 2.28. The molecular formula is C29H26N4O5. The molecule has 38 heavy (non-hydrogen) atoms. The predicted molar refractivity (Wildman–Crippen MR) is 143 cm³/mol. The summed E-state index contributed by atoms with van der Waals surface area (Å²) in [5, 5.41) is 5.52. The number of pyridine rings is 1. The number of hydrogen-bond donors (Lipinski definition) is 3. The molecule has 0 saturated heterocycles. The number of carbonyl (C=O) groups is 3. The fourth-order valence-electron chi connectivity index (χ4n) is 3.59. The molecule has 0 saturated carbocycles. The Labute approximate surface area is 219 Å². The average molecular weight is 511 g/mol. The van der Waals surface area contributed by atoms with Crippen LogP contribution < -0.4 is 16.4 Å². The maximum atomic E-state index is 12.9. The van der Waals surface area contributed by atoms with Crippen LogP contribution in [0.2, 0.25) is 0 Å². The van der Waals surface area contributed by atoms with Gasteiger partial charge in [0.2, 0.25) is 0 Å². The molecule has 1 aromatic heterocycles. The van der Waals surface area contributed by atoms with E-state index in [9.17, 15) is 14.4 Å². The summed E-state index contributed by atoms with van der Waals surface area (Å²) in [6.45, 7) is 0.374. The molecule has 0 aliphatic heterocycles. The van der Waals surface area contributed by atoms with E-state index in [-0.39, 0.29) is 19.1 Å². The molecule has 0 bridgehead atoms. The van der Waals surface area contributed by atoms with Crippen molar-refractivity contribution in [1.29, 1.82) is 0 Å². The quantitative estimate of drug-likeness (QED) is 0.229. The lowest BCUT2D eigenvalue weighted by Gasteiger charge is -2.12. The van der Waals surface area contributed by atoms with Gasteiger partial charge in [-0.15, -0.1) is 0 Å². The van der Waals surface area contributed by atoms with E-state index in [0.717, 1.165) is 22.3 Å². The summed E-state index contributed by atoms with van der Waals surface area (Å²) >= 11 is 0. The van der Waals surface area contributed by atoms with Crippen molar-refractivity contribution in [2.75, 3.05) is 18.2 Å². The van der Waals surface area contributed by atoms with E-state index >= 15 is 0 Å².